The predicted octanol–water partition coefficient (Wildman–Crippen LogP) is 2.64. The molecule has 1 aromatic rings. The standard InChI is InChI=1S/C15H25N3O/c1-5-6-13-7-12(8-14(16)18-13)15(19)17-9-11(4)10(2)3/h7-8,10-11H,5-6,9H2,1-4H3,(H2,16,18)(H,17,19). The summed E-state index contributed by atoms with van der Waals surface area (Å²) >= 11 is 0. The van der Waals surface area contributed by atoms with Crippen molar-refractivity contribution in [3.63, 3.8) is 0 Å². The Morgan fingerprint density at radius 2 is 2.05 bits per heavy atom. The van der Waals surface area contributed by atoms with Crippen molar-refractivity contribution in [2.24, 2.45) is 11.8 Å². The Morgan fingerprint density at radius 3 is 2.63 bits per heavy atom. The summed E-state index contributed by atoms with van der Waals surface area (Å²) in [7, 11) is 0. The molecule has 0 aromatic carbocycles. The first-order valence-electron chi connectivity index (χ1n) is 6.98. The van der Waals surface area contributed by atoms with Crippen LogP contribution in [0.2, 0.25) is 0 Å². The van der Waals surface area contributed by atoms with Crippen LogP contribution in [0.1, 0.15) is 50.2 Å². The van der Waals surface area contributed by atoms with E-state index in [2.05, 4.69) is 38.0 Å². The van der Waals surface area contributed by atoms with Gasteiger partial charge in [0.15, 0.2) is 0 Å². The van der Waals surface area contributed by atoms with Crippen molar-refractivity contribution in [3.8, 4) is 0 Å². The maximum absolute atomic E-state index is 12.1. The van der Waals surface area contributed by atoms with Crippen LogP contribution < -0.4 is 11.1 Å². The third kappa shape index (κ3) is 4.89. The zero-order valence-corrected chi connectivity index (χ0v) is 12.4. The molecule has 3 N–H and O–H groups in total. The van der Waals surface area contributed by atoms with Gasteiger partial charge in [-0.15, -0.1) is 0 Å². The van der Waals surface area contributed by atoms with Crippen LogP contribution in [0, 0.1) is 11.8 Å². The molecular formula is C15H25N3O. The number of nitrogen functional groups attached to an aromatic ring is 1. The molecule has 0 aliphatic heterocycles. The second kappa shape index (κ2) is 7.12. The number of anilines is 1. The number of pyridine rings is 1. The molecular weight excluding hydrogens is 238 g/mol. The van der Waals surface area contributed by atoms with Gasteiger partial charge in [-0.05, 0) is 30.4 Å². The van der Waals surface area contributed by atoms with Crippen molar-refractivity contribution in [1.82, 2.24) is 10.3 Å². The number of nitrogens with one attached hydrogen (secondary N) is 1. The molecule has 1 atom stereocenters. The van der Waals surface area contributed by atoms with Gasteiger partial charge in [0.05, 0.1) is 0 Å². The van der Waals surface area contributed by atoms with Crippen molar-refractivity contribution in [3.05, 3.63) is 23.4 Å². The van der Waals surface area contributed by atoms with Gasteiger partial charge in [0.2, 0.25) is 0 Å². The van der Waals surface area contributed by atoms with Gasteiger partial charge in [-0.25, -0.2) is 4.98 Å². The van der Waals surface area contributed by atoms with Gasteiger partial charge < -0.3 is 11.1 Å². The molecule has 1 rings (SSSR count). The Hall–Kier alpha value is -1.58. The van der Waals surface area contributed by atoms with Crippen molar-refractivity contribution in [2.75, 3.05) is 12.3 Å². The van der Waals surface area contributed by atoms with E-state index in [0.717, 1.165) is 18.5 Å². The molecule has 0 aliphatic rings. The Bertz CT molecular complexity index is 429. The summed E-state index contributed by atoms with van der Waals surface area (Å²) in [5.74, 6) is 1.35. The first kappa shape index (κ1) is 15.5. The lowest BCUT2D eigenvalue weighted by Crippen LogP contribution is -2.30. The number of aromatic nitrogens is 1. The van der Waals surface area contributed by atoms with E-state index in [1.165, 1.54) is 0 Å². The van der Waals surface area contributed by atoms with E-state index in [4.69, 9.17) is 5.73 Å². The first-order valence-corrected chi connectivity index (χ1v) is 6.98. The molecule has 106 valence electrons. The van der Waals surface area contributed by atoms with Crippen molar-refractivity contribution in [2.45, 2.75) is 40.5 Å². The Labute approximate surface area is 115 Å². The molecule has 4 heteroatoms. The molecule has 4 nitrogen and oxygen atoms in total. The minimum absolute atomic E-state index is 0.0704. The maximum atomic E-state index is 12.1. The number of carbonyl (C=O) groups is 1. The number of nitrogens with two attached hydrogens (primary N) is 1. The summed E-state index contributed by atoms with van der Waals surface area (Å²) in [5, 5.41) is 2.95. The van der Waals surface area contributed by atoms with Crippen LogP contribution in [0.15, 0.2) is 12.1 Å². The van der Waals surface area contributed by atoms with Gasteiger partial charge >= 0.3 is 0 Å². The second-order valence-corrected chi connectivity index (χ2v) is 5.45. The summed E-state index contributed by atoms with van der Waals surface area (Å²) in [6.45, 7) is 9.20. The molecule has 0 saturated heterocycles. The van der Waals surface area contributed by atoms with Crippen LogP contribution in [0.5, 0.6) is 0 Å². The van der Waals surface area contributed by atoms with Crippen LogP contribution in [-0.4, -0.2) is 17.4 Å². The van der Waals surface area contributed by atoms with E-state index in [0.29, 0.717) is 29.8 Å². The van der Waals surface area contributed by atoms with Gasteiger partial charge in [-0.3, -0.25) is 4.79 Å². The van der Waals surface area contributed by atoms with Crippen LogP contribution >= 0.6 is 0 Å². The summed E-state index contributed by atoms with van der Waals surface area (Å²) < 4.78 is 0. The van der Waals surface area contributed by atoms with Crippen LogP contribution in [0.25, 0.3) is 0 Å². The Morgan fingerprint density at radius 1 is 1.37 bits per heavy atom. The number of nitrogens with zero attached hydrogens (tertiary/aromatic N) is 1. The quantitative estimate of drug-likeness (QED) is 0.829. The molecule has 19 heavy (non-hydrogen) atoms. The normalized spacial score (nSPS) is 12.5. The number of hydrogen-bond donors (Lipinski definition) is 2. The highest BCUT2D eigenvalue weighted by Gasteiger charge is 2.12. The number of rotatable bonds is 6. The van der Waals surface area contributed by atoms with Crippen molar-refractivity contribution >= 4 is 11.7 Å². The molecule has 0 saturated carbocycles. The zero-order valence-electron chi connectivity index (χ0n) is 12.4. The van der Waals surface area contributed by atoms with Crippen molar-refractivity contribution < 1.29 is 4.79 Å². The summed E-state index contributed by atoms with van der Waals surface area (Å²) in [6, 6.07) is 3.46. The van der Waals surface area contributed by atoms with Crippen LogP contribution in [0.4, 0.5) is 5.82 Å². The zero-order chi connectivity index (χ0) is 14.4. The fourth-order valence-electron chi connectivity index (χ4n) is 1.72. The third-order valence-electron chi connectivity index (χ3n) is 3.39. The SMILES string of the molecule is CCCc1cc(C(=O)NCC(C)C(C)C)cc(N)n1. The Kier molecular flexibility index (Phi) is 5.80. The highest BCUT2D eigenvalue weighted by Crippen LogP contribution is 2.11. The lowest BCUT2D eigenvalue weighted by molar-refractivity contribution is 0.0944. The molecule has 0 spiro atoms. The molecule has 1 heterocycles. The second-order valence-electron chi connectivity index (χ2n) is 5.45. The van der Waals surface area contributed by atoms with E-state index in [9.17, 15) is 4.79 Å². The van der Waals surface area contributed by atoms with Crippen LogP contribution in [-0.2, 0) is 6.42 Å². The van der Waals surface area contributed by atoms with E-state index in [-0.39, 0.29) is 5.91 Å². The number of amides is 1. The van der Waals surface area contributed by atoms with Gasteiger partial charge in [0.25, 0.3) is 5.91 Å². The minimum atomic E-state index is -0.0704. The summed E-state index contributed by atoms with van der Waals surface area (Å²) in [6.07, 6.45) is 1.83. The number of hydrogen-bond acceptors (Lipinski definition) is 3. The average molecular weight is 263 g/mol. The molecule has 0 fully saturated rings. The summed E-state index contributed by atoms with van der Waals surface area (Å²) in [5.41, 5.74) is 7.22. The van der Waals surface area contributed by atoms with Gasteiger partial charge in [-0.1, -0.05) is 34.1 Å². The number of carbonyl (C=O) groups excluding carboxylic acids is 1. The first-order chi connectivity index (χ1) is 8.93. The monoisotopic (exact) mass is 263 g/mol. The van der Waals surface area contributed by atoms with Gasteiger partial charge in [0.1, 0.15) is 5.82 Å². The van der Waals surface area contributed by atoms with Gasteiger partial charge in [0, 0.05) is 17.8 Å². The Balaban J connectivity index is 2.71. The molecule has 0 aliphatic carbocycles. The largest absolute Gasteiger partial charge is 0.384 e. The van der Waals surface area contributed by atoms with Crippen molar-refractivity contribution in [1.29, 1.82) is 0 Å². The fourth-order valence-corrected chi connectivity index (χ4v) is 1.72. The van der Waals surface area contributed by atoms with E-state index < -0.39 is 0 Å². The molecule has 0 bridgehead atoms. The smallest absolute Gasteiger partial charge is 0.251 e. The lowest BCUT2D eigenvalue weighted by atomic mass is 9.98. The maximum Gasteiger partial charge on any atom is 0.251 e. The fraction of sp³-hybridized carbons (Fsp3) is 0.600. The predicted molar refractivity (Wildman–Crippen MR) is 79.0 cm³/mol. The topological polar surface area (TPSA) is 68.0 Å². The molecule has 1 unspecified atom stereocenters. The highest BCUT2D eigenvalue weighted by atomic mass is 16.1. The average Bonchev–Trinajstić information content (AvgIpc) is 2.35. The van der Waals surface area contributed by atoms with Gasteiger partial charge in [-0.2, -0.15) is 0 Å². The minimum Gasteiger partial charge on any atom is -0.384 e. The highest BCUT2D eigenvalue weighted by molar-refractivity contribution is 5.94. The molecule has 1 amide bonds. The van der Waals surface area contributed by atoms with Crippen LogP contribution in [0.3, 0.4) is 0 Å². The molecule has 0 radical (unpaired) electrons. The summed E-state index contributed by atoms with van der Waals surface area (Å²) in [4.78, 5) is 16.3. The van der Waals surface area contributed by atoms with E-state index >= 15 is 0 Å². The third-order valence-corrected chi connectivity index (χ3v) is 3.39. The van der Waals surface area contributed by atoms with E-state index in [1.54, 1.807) is 6.07 Å². The van der Waals surface area contributed by atoms with E-state index in [1.807, 2.05) is 6.07 Å². The molecule has 1 aromatic heterocycles. The lowest BCUT2D eigenvalue weighted by Gasteiger charge is -2.16. The number of aryl methyl sites for hydroxylation is 1.